The average Bonchev–Trinajstić information content (AvgIpc) is 3.38. The Morgan fingerprint density at radius 2 is 2.08 bits per heavy atom. The summed E-state index contributed by atoms with van der Waals surface area (Å²) in [5, 5.41) is 4.01. The number of rotatable bonds is 5. The predicted molar refractivity (Wildman–Crippen MR) is 86.4 cm³/mol. The molecule has 126 valence electrons. The molecule has 0 bridgehead atoms. The van der Waals surface area contributed by atoms with Gasteiger partial charge in [-0.05, 0) is 37.8 Å². The lowest BCUT2D eigenvalue weighted by molar-refractivity contribution is -0.133. The lowest BCUT2D eigenvalue weighted by atomic mass is 9.97. The van der Waals surface area contributed by atoms with E-state index in [1.165, 1.54) is 0 Å². The summed E-state index contributed by atoms with van der Waals surface area (Å²) in [6.07, 6.45) is 4.06. The zero-order chi connectivity index (χ0) is 16.4. The Kier molecular flexibility index (Phi) is 4.19. The maximum absolute atomic E-state index is 12.2. The topological polar surface area (TPSA) is 68.5 Å². The number of nitrogens with zero attached hydrogens (tertiary/aromatic N) is 3. The Hall–Kier alpha value is -2.37. The number of para-hydroxylation sites is 1. The molecule has 6 heteroatoms. The van der Waals surface area contributed by atoms with Crippen LogP contribution in [0.5, 0.6) is 5.75 Å². The summed E-state index contributed by atoms with van der Waals surface area (Å²) >= 11 is 0. The van der Waals surface area contributed by atoms with Crippen LogP contribution in [0.4, 0.5) is 0 Å². The molecule has 6 nitrogen and oxygen atoms in total. The Balaban J connectivity index is 1.36. The highest BCUT2D eigenvalue weighted by atomic mass is 16.5. The van der Waals surface area contributed by atoms with Gasteiger partial charge in [0.05, 0.1) is 5.92 Å². The van der Waals surface area contributed by atoms with Crippen LogP contribution < -0.4 is 4.74 Å². The molecule has 1 atom stereocenters. The van der Waals surface area contributed by atoms with Gasteiger partial charge >= 0.3 is 0 Å². The van der Waals surface area contributed by atoms with Crippen LogP contribution >= 0.6 is 0 Å². The third-order valence-corrected chi connectivity index (χ3v) is 4.60. The van der Waals surface area contributed by atoms with Gasteiger partial charge in [0.2, 0.25) is 17.6 Å². The fourth-order valence-corrected chi connectivity index (χ4v) is 3.12. The number of hydrogen-bond donors (Lipinski definition) is 0. The van der Waals surface area contributed by atoms with Crippen molar-refractivity contribution in [3.63, 3.8) is 0 Å². The van der Waals surface area contributed by atoms with Crippen LogP contribution in [0.1, 0.15) is 43.3 Å². The van der Waals surface area contributed by atoms with Gasteiger partial charge in [-0.15, -0.1) is 0 Å². The molecule has 1 aromatic heterocycles. The second-order valence-corrected chi connectivity index (χ2v) is 6.55. The number of piperidine rings is 1. The first-order chi connectivity index (χ1) is 11.8. The number of ether oxygens (including phenoxy) is 1. The molecule has 0 spiro atoms. The summed E-state index contributed by atoms with van der Waals surface area (Å²) in [7, 11) is 0. The van der Waals surface area contributed by atoms with Crippen molar-refractivity contribution in [1.82, 2.24) is 15.0 Å². The van der Waals surface area contributed by atoms with E-state index in [0.717, 1.165) is 38.0 Å². The van der Waals surface area contributed by atoms with Gasteiger partial charge in [-0.2, -0.15) is 4.98 Å². The van der Waals surface area contributed by atoms with Crippen LogP contribution in [0, 0.1) is 5.92 Å². The Morgan fingerprint density at radius 3 is 2.88 bits per heavy atom. The third-order valence-electron chi connectivity index (χ3n) is 4.60. The summed E-state index contributed by atoms with van der Waals surface area (Å²) in [6.45, 7) is 1.82. The molecule has 2 heterocycles. The number of benzene rings is 1. The van der Waals surface area contributed by atoms with E-state index in [-0.39, 0.29) is 18.4 Å². The zero-order valence-corrected chi connectivity index (χ0v) is 13.6. The molecule has 2 aliphatic rings. The number of carbonyl (C=O) groups excluding carboxylic acids is 1. The summed E-state index contributed by atoms with van der Waals surface area (Å²) in [5.41, 5.74) is 0. The van der Waals surface area contributed by atoms with Crippen LogP contribution in [0.15, 0.2) is 34.9 Å². The highest BCUT2D eigenvalue weighted by molar-refractivity contribution is 5.81. The van der Waals surface area contributed by atoms with Crippen LogP contribution in [0.2, 0.25) is 0 Å². The molecular weight excluding hydrogens is 306 g/mol. The smallest absolute Gasteiger partial charge is 0.231 e. The summed E-state index contributed by atoms with van der Waals surface area (Å²) in [5.74, 6) is 2.64. The monoisotopic (exact) mass is 327 g/mol. The standard InChI is InChI=1S/C18H21N3O3/c22-18(13-8-9-13)21-10-4-5-14(11-21)17-19-16(20-24-17)12-23-15-6-2-1-3-7-15/h1-3,6-7,13-14H,4-5,8-12H2/t14-/m1/s1. The number of amides is 1. The van der Waals surface area contributed by atoms with Crippen molar-refractivity contribution in [2.75, 3.05) is 13.1 Å². The summed E-state index contributed by atoms with van der Waals surface area (Å²) in [4.78, 5) is 18.7. The first kappa shape index (κ1) is 15.2. The van der Waals surface area contributed by atoms with E-state index in [1.807, 2.05) is 35.2 Å². The third kappa shape index (κ3) is 3.42. The van der Waals surface area contributed by atoms with E-state index in [4.69, 9.17) is 9.26 Å². The SMILES string of the molecule is O=C(C1CC1)N1CCC[C@@H](c2nc(COc3ccccc3)no2)C1. The molecule has 1 saturated heterocycles. The molecule has 1 aliphatic heterocycles. The van der Waals surface area contributed by atoms with Crippen molar-refractivity contribution in [2.24, 2.45) is 5.92 Å². The first-order valence-corrected chi connectivity index (χ1v) is 8.59. The van der Waals surface area contributed by atoms with E-state index in [2.05, 4.69) is 10.1 Å². The summed E-state index contributed by atoms with van der Waals surface area (Å²) < 4.78 is 11.1. The van der Waals surface area contributed by atoms with Gasteiger partial charge in [-0.3, -0.25) is 4.79 Å². The Labute approximate surface area is 140 Å². The Bertz CT molecular complexity index is 697. The van der Waals surface area contributed by atoms with E-state index in [9.17, 15) is 4.79 Å². The molecule has 24 heavy (non-hydrogen) atoms. The van der Waals surface area contributed by atoms with Crippen molar-refractivity contribution in [3.8, 4) is 5.75 Å². The second kappa shape index (κ2) is 6.63. The maximum Gasteiger partial charge on any atom is 0.231 e. The molecule has 1 saturated carbocycles. The van der Waals surface area contributed by atoms with Crippen molar-refractivity contribution in [2.45, 2.75) is 38.2 Å². The molecule has 2 fully saturated rings. The van der Waals surface area contributed by atoms with Gasteiger partial charge in [0.1, 0.15) is 5.75 Å². The molecule has 1 aliphatic carbocycles. The van der Waals surface area contributed by atoms with Crippen molar-refractivity contribution in [1.29, 1.82) is 0 Å². The molecule has 2 aromatic rings. The lowest BCUT2D eigenvalue weighted by Gasteiger charge is -2.31. The lowest BCUT2D eigenvalue weighted by Crippen LogP contribution is -2.40. The molecule has 1 aromatic carbocycles. The average molecular weight is 327 g/mol. The predicted octanol–water partition coefficient (Wildman–Crippen LogP) is 2.76. The van der Waals surface area contributed by atoms with E-state index in [0.29, 0.717) is 24.2 Å². The van der Waals surface area contributed by atoms with Gasteiger partial charge in [0.15, 0.2) is 6.61 Å². The summed E-state index contributed by atoms with van der Waals surface area (Å²) in [6, 6.07) is 9.57. The molecule has 0 N–H and O–H groups in total. The van der Waals surface area contributed by atoms with Gasteiger partial charge < -0.3 is 14.2 Å². The number of hydrogen-bond acceptors (Lipinski definition) is 5. The minimum atomic E-state index is 0.138. The van der Waals surface area contributed by atoms with Crippen molar-refractivity contribution >= 4 is 5.91 Å². The highest BCUT2D eigenvalue weighted by Gasteiger charge is 2.36. The van der Waals surface area contributed by atoms with Gasteiger partial charge in [-0.1, -0.05) is 23.4 Å². The fraction of sp³-hybridized carbons (Fsp3) is 0.500. The maximum atomic E-state index is 12.2. The molecule has 0 unspecified atom stereocenters. The van der Waals surface area contributed by atoms with Crippen LogP contribution in [-0.4, -0.2) is 34.0 Å². The fourth-order valence-electron chi connectivity index (χ4n) is 3.12. The van der Waals surface area contributed by atoms with E-state index < -0.39 is 0 Å². The van der Waals surface area contributed by atoms with E-state index in [1.54, 1.807) is 0 Å². The molecule has 1 amide bonds. The zero-order valence-electron chi connectivity index (χ0n) is 13.6. The van der Waals surface area contributed by atoms with Gasteiger partial charge in [0, 0.05) is 19.0 Å². The highest BCUT2D eigenvalue weighted by Crippen LogP contribution is 2.34. The van der Waals surface area contributed by atoms with E-state index >= 15 is 0 Å². The number of likely N-dealkylation sites (tertiary alicyclic amines) is 1. The quantitative estimate of drug-likeness (QED) is 0.844. The van der Waals surface area contributed by atoms with Crippen LogP contribution in [0.3, 0.4) is 0 Å². The number of aromatic nitrogens is 2. The molecule has 4 rings (SSSR count). The van der Waals surface area contributed by atoms with Gasteiger partial charge in [0.25, 0.3) is 0 Å². The van der Waals surface area contributed by atoms with Crippen molar-refractivity contribution < 1.29 is 14.1 Å². The minimum Gasteiger partial charge on any atom is -0.485 e. The van der Waals surface area contributed by atoms with Crippen LogP contribution in [0.25, 0.3) is 0 Å². The molecular formula is C18H21N3O3. The normalized spacial score (nSPS) is 20.8. The van der Waals surface area contributed by atoms with Crippen molar-refractivity contribution in [3.05, 3.63) is 42.0 Å². The second-order valence-electron chi connectivity index (χ2n) is 6.55. The first-order valence-electron chi connectivity index (χ1n) is 8.59. The Morgan fingerprint density at radius 1 is 1.25 bits per heavy atom. The number of carbonyl (C=O) groups is 1. The minimum absolute atomic E-state index is 0.138. The van der Waals surface area contributed by atoms with Gasteiger partial charge in [-0.25, -0.2) is 0 Å². The molecule has 0 radical (unpaired) electrons. The largest absolute Gasteiger partial charge is 0.485 e. The van der Waals surface area contributed by atoms with Crippen LogP contribution in [-0.2, 0) is 11.4 Å².